The smallest absolute Gasteiger partial charge is 0.338 e. The molecule has 0 fully saturated rings. The van der Waals surface area contributed by atoms with Gasteiger partial charge in [-0.3, -0.25) is 10.1 Å². The van der Waals surface area contributed by atoms with E-state index in [1.54, 1.807) is 6.08 Å². The molecule has 0 heterocycles. The second-order valence-corrected chi connectivity index (χ2v) is 3.68. The number of halogens is 1. The summed E-state index contributed by atoms with van der Waals surface area (Å²) >= 11 is 0. The number of nitrogens with zero attached hydrogens (tertiary/aromatic N) is 1. The van der Waals surface area contributed by atoms with Gasteiger partial charge in [-0.1, -0.05) is 31.4 Å². The maximum absolute atomic E-state index is 13.4. The van der Waals surface area contributed by atoms with Crippen molar-refractivity contribution in [1.82, 2.24) is 0 Å². The third-order valence-electron chi connectivity index (χ3n) is 2.34. The Morgan fingerprint density at radius 1 is 1.45 bits per heavy atom. The third kappa shape index (κ3) is 3.88. The predicted molar refractivity (Wildman–Crippen MR) is 71.8 cm³/mol. The Morgan fingerprint density at radius 3 is 2.65 bits per heavy atom. The lowest BCUT2D eigenvalue weighted by Gasteiger charge is -2.05. The number of carbonyl (C=O) groups is 1. The molecular weight excluding hydrogens is 265 g/mol. The van der Waals surface area contributed by atoms with Crippen LogP contribution in [-0.4, -0.2) is 17.5 Å². The van der Waals surface area contributed by atoms with Gasteiger partial charge in [-0.05, 0) is 17.7 Å². The fraction of sp³-hybridized carbons (Fsp3) is 0.0714. The standard InChI is InChI=1S/C14H12FNO4/c1-3-5-10(4-2)9-20-14(17)11-6-7-13(16(18)19)12(15)8-11/h3-8H,1-2,9H2/b10-5+. The van der Waals surface area contributed by atoms with Crippen molar-refractivity contribution in [2.75, 3.05) is 6.61 Å². The summed E-state index contributed by atoms with van der Waals surface area (Å²) in [5.74, 6) is -1.87. The number of nitro groups is 1. The summed E-state index contributed by atoms with van der Waals surface area (Å²) in [7, 11) is 0. The molecule has 1 aromatic rings. The molecule has 0 spiro atoms. The number of ether oxygens (including phenoxy) is 1. The molecule has 0 unspecified atom stereocenters. The van der Waals surface area contributed by atoms with Gasteiger partial charge < -0.3 is 4.74 Å². The van der Waals surface area contributed by atoms with Gasteiger partial charge in [0.25, 0.3) is 0 Å². The van der Waals surface area contributed by atoms with Crippen molar-refractivity contribution in [2.24, 2.45) is 0 Å². The fourth-order valence-corrected chi connectivity index (χ4v) is 1.34. The van der Waals surface area contributed by atoms with E-state index in [9.17, 15) is 19.3 Å². The van der Waals surface area contributed by atoms with Gasteiger partial charge in [-0.25, -0.2) is 4.79 Å². The van der Waals surface area contributed by atoms with E-state index in [4.69, 9.17) is 4.74 Å². The first-order valence-corrected chi connectivity index (χ1v) is 5.54. The zero-order chi connectivity index (χ0) is 15.1. The van der Waals surface area contributed by atoms with Crippen molar-refractivity contribution in [3.05, 3.63) is 76.7 Å². The van der Waals surface area contributed by atoms with Gasteiger partial charge in [0.05, 0.1) is 10.5 Å². The summed E-state index contributed by atoms with van der Waals surface area (Å²) in [5, 5.41) is 10.5. The summed E-state index contributed by atoms with van der Waals surface area (Å²) < 4.78 is 18.3. The van der Waals surface area contributed by atoms with E-state index in [-0.39, 0.29) is 12.2 Å². The summed E-state index contributed by atoms with van der Waals surface area (Å²) in [5.41, 5.74) is -0.175. The highest BCUT2D eigenvalue weighted by molar-refractivity contribution is 5.89. The number of hydrogen-bond donors (Lipinski definition) is 0. The first kappa shape index (κ1) is 15.3. The van der Waals surface area contributed by atoms with Crippen LogP contribution in [0.3, 0.4) is 0 Å². The summed E-state index contributed by atoms with van der Waals surface area (Å²) in [6, 6.07) is 2.82. The maximum atomic E-state index is 13.4. The number of carbonyl (C=O) groups excluding carboxylic acids is 1. The molecule has 0 aliphatic heterocycles. The van der Waals surface area contributed by atoms with Crippen LogP contribution in [0.25, 0.3) is 0 Å². The molecule has 104 valence electrons. The molecule has 0 aromatic heterocycles. The lowest BCUT2D eigenvalue weighted by molar-refractivity contribution is -0.387. The zero-order valence-corrected chi connectivity index (χ0v) is 10.5. The molecule has 0 saturated carbocycles. The Bertz CT molecular complexity index is 593. The molecule has 0 aliphatic carbocycles. The van der Waals surface area contributed by atoms with Gasteiger partial charge in [0, 0.05) is 6.07 Å². The largest absolute Gasteiger partial charge is 0.457 e. The van der Waals surface area contributed by atoms with Crippen LogP contribution in [0.2, 0.25) is 0 Å². The number of rotatable bonds is 6. The topological polar surface area (TPSA) is 69.4 Å². The van der Waals surface area contributed by atoms with Crippen LogP contribution in [0.4, 0.5) is 10.1 Å². The van der Waals surface area contributed by atoms with Gasteiger partial charge >= 0.3 is 11.7 Å². The van der Waals surface area contributed by atoms with Gasteiger partial charge in [-0.15, -0.1) is 0 Å². The molecule has 0 atom stereocenters. The maximum Gasteiger partial charge on any atom is 0.338 e. The zero-order valence-electron chi connectivity index (χ0n) is 10.5. The van der Waals surface area contributed by atoms with E-state index in [2.05, 4.69) is 13.2 Å². The Hall–Kier alpha value is -2.76. The molecule has 6 heteroatoms. The highest BCUT2D eigenvalue weighted by Gasteiger charge is 2.17. The van der Waals surface area contributed by atoms with Crippen LogP contribution in [0, 0.1) is 15.9 Å². The highest BCUT2D eigenvalue weighted by atomic mass is 19.1. The van der Waals surface area contributed by atoms with Crippen molar-refractivity contribution >= 4 is 11.7 Å². The first-order valence-electron chi connectivity index (χ1n) is 5.54. The van der Waals surface area contributed by atoms with Gasteiger partial charge in [0.2, 0.25) is 5.82 Å². The molecule has 5 nitrogen and oxygen atoms in total. The van der Waals surface area contributed by atoms with E-state index in [0.717, 1.165) is 18.2 Å². The van der Waals surface area contributed by atoms with Crippen LogP contribution in [-0.2, 0) is 4.74 Å². The van der Waals surface area contributed by atoms with Crippen LogP contribution < -0.4 is 0 Å². The molecule has 0 bridgehead atoms. The number of esters is 1. The van der Waals surface area contributed by atoms with Crippen molar-refractivity contribution < 1.29 is 18.8 Å². The lowest BCUT2D eigenvalue weighted by Crippen LogP contribution is -2.08. The van der Waals surface area contributed by atoms with E-state index in [1.807, 2.05) is 0 Å². The number of nitro benzene ring substituents is 1. The van der Waals surface area contributed by atoms with E-state index in [1.165, 1.54) is 12.2 Å². The molecule has 0 N–H and O–H groups in total. The highest BCUT2D eigenvalue weighted by Crippen LogP contribution is 2.18. The Morgan fingerprint density at radius 2 is 2.15 bits per heavy atom. The predicted octanol–water partition coefficient (Wildman–Crippen LogP) is 3.19. The van der Waals surface area contributed by atoms with Crippen LogP contribution in [0.1, 0.15) is 10.4 Å². The van der Waals surface area contributed by atoms with Crippen molar-refractivity contribution in [1.29, 1.82) is 0 Å². The Kier molecular flexibility index (Phi) is 5.34. The van der Waals surface area contributed by atoms with Crippen molar-refractivity contribution in [2.45, 2.75) is 0 Å². The number of benzene rings is 1. The molecule has 0 radical (unpaired) electrons. The molecule has 0 aliphatic rings. The van der Waals surface area contributed by atoms with Gasteiger partial charge in [0.15, 0.2) is 0 Å². The minimum atomic E-state index is -1.09. The Labute approximate surface area is 114 Å². The molecule has 1 rings (SSSR count). The van der Waals surface area contributed by atoms with Gasteiger partial charge in [-0.2, -0.15) is 4.39 Å². The normalized spacial score (nSPS) is 10.8. The number of allylic oxidation sites excluding steroid dienone is 2. The Balaban J connectivity index is 2.81. The van der Waals surface area contributed by atoms with Crippen LogP contribution in [0.5, 0.6) is 0 Å². The van der Waals surface area contributed by atoms with Crippen molar-refractivity contribution in [3.8, 4) is 0 Å². The van der Waals surface area contributed by atoms with E-state index >= 15 is 0 Å². The monoisotopic (exact) mass is 277 g/mol. The molecule has 0 saturated heterocycles. The van der Waals surface area contributed by atoms with Crippen LogP contribution >= 0.6 is 0 Å². The molecule has 0 amide bonds. The average molecular weight is 277 g/mol. The quantitative estimate of drug-likeness (QED) is 0.346. The van der Waals surface area contributed by atoms with Gasteiger partial charge in [0.1, 0.15) is 6.61 Å². The second-order valence-electron chi connectivity index (χ2n) is 3.68. The second kappa shape index (κ2) is 6.98. The number of hydrogen-bond acceptors (Lipinski definition) is 4. The molecule has 1 aromatic carbocycles. The minimum absolute atomic E-state index is 0.0487. The lowest BCUT2D eigenvalue weighted by atomic mass is 10.2. The average Bonchev–Trinajstić information content (AvgIpc) is 2.42. The van der Waals surface area contributed by atoms with E-state index in [0.29, 0.717) is 5.57 Å². The molecular formula is C14H12FNO4. The van der Waals surface area contributed by atoms with Crippen LogP contribution in [0.15, 0.2) is 55.2 Å². The summed E-state index contributed by atoms with van der Waals surface area (Å²) in [6.45, 7) is 6.98. The SMILES string of the molecule is C=C/C=C(\C=C)COC(=O)c1ccc([N+](=O)[O-])c(F)c1. The first-order chi connectivity index (χ1) is 9.49. The summed E-state index contributed by atoms with van der Waals surface area (Å²) in [4.78, 5) is 21.2. The third-order valence-corrected chi connectivity index (χ3v) is 2.34. The van der Waals surface area contributed by atoms with Crippen molar-refractivity contribution in [3.63, 3.8) is 0 Å². The summed E-state index contributed by atoms with van der Waals surface area (Å²) in [6.07, 6.45) is 4.61. The minimum Gasteiger partial charge on any atom is -0.457 e. The molecule has 20 heavy (non-hydrogen) atoms. The van der Waals surface area contributed by atoms with E-state index < -0.39 is 22.4 Å². The fourth-order valence-electron chi connectivity index (χ4n) is 1.34.